The number of hydrogen-bond acceptors (Lipinski definition) is 2. The summed E-state index contributed by atoms with van der Waals surface area (Å²) in [5.74, 6) is -0.622. The molecule has 0 aromatic heterocycles. The number of benzene rings is 1. The molecule has 7 heteroatoms. The van der Waals surface area contributed by atoms with Crippen LogP contribution in [0.3, 0.4) is 0 Å². The van der Waals surface area contributed by atoms with Crippen molar-refractivity contribution in [1.82, 2.24) is 4.90 Å². The average Bonchev–Trinajstić information content (AvgIpc) is 2.31. The molecule has 0 fully saturated rings. The van der Waals surface area contributed by atoms with Crippen molar-refractivity contribution in [2.75, 3.05) is 19.7 Å². The first-order valence-electron chi connectivity index (χ1n) is 5.09. The molecule has 1 rings (SSSR count). The third-order valence-corrected chi connectivity index (χ3v) is 2.92. The number of rotatable bonds is 5. The van der Waals surface area contributed by atoms with Gasteiger partial charge in [0.05, 0.1) is 23.2 Å². The highest BCUT2D eigenvalue weighted by atomic mass is 35.5. The van der Waals surface area contributed by atoms with E-state index < -0.39 is 18.9 Å². The second-order valence-electron chi connectivity index (χ2n) is 3.49. The first-order chi connectivity index (χ1) is 8.45. The Labute approximate surface area is 113 Å². The van der Waals surface area contributed by atoms with Crippen molar-refractivity contribution in [3.63, 3.8) is 0 Å². The van der Waals surface area contributed by atoms with Gasteiger partial charge in [-0.15, -0.1) is 0 Å². The molecule has 1 amide bonds. The minimum absolute atomic E-state index is 0.151. The maximum atomic E-state index is 12.3. The Bertz CT molecular complexity index is 430. The van der Waals surface area contributed by atoms with E-state index in [1.165, 1.54) is 18.2 Å². The minimum Gasteiger partial charge on any atom is -0.395 e. The number of carbonyl (C=O) groups is 1. The highest BCUT2D eigenvalue weighted by Gasteiger charge is 2.19. The highest BCUT2D eigenvalue weighted by Crippen LogP contribution is 2.23. The predicted octanol–water partition coefficient (Wildman–Crippen LogP) is 2.69. The molecule has 0 spiro atoms. The smallest absolute Gasteiger partial charge is 0.255 e. The van der Waals surface area contributed by atoms with E-state index in [2.05, 4.69) is 0 Å². The molecule has 0 radical (unpaired) electrons. The van der Waals surface area contributed by atoms with Crippen LogP contribution in [-0.2, 0) is 0 Å². The van der Waals surface area contributed by atoms with Gasteiger partial charge >= 0.3 is 0 Å². The van der Waals surface area contributed by atoms with E-state index in [1.807, 2.05) is 0 Å². The third-order valence-electron chi connectivity index (χ3n) is 2.18. The van der Waals surface area contributed by atoms with Gasteiger partial charge in [0.2, 0.25) is 0 Å². The molecule has 0 saturated heterocycles. The molecule has 1 N–H and O–H groups in total. The SMILES string of the molecule is O=C(c1ccc(Cl)c(Cl)c1)N(CCO)CC(F)F. The molecule has 1 aromatic carbocycles. The number of carbonyl (C=O) groups excluding carboxylic acids is 1. The normalized spacial score (nSPS) is 10.8. The van der Waals surface area contributed by atoms with Crippen LogP contribution in [0, 0.1) is 0 Å². The molecule has 0 aliphatic carbocycles. The van der Waals surface area contributed by atoms with Crippen LogP contribution in [0.1, 0.15) is 10.4 Å². The molecule has 0 aliphatic heterocycles. The van der Waals surface area contributed by atoms with Gasteiger partial charge in [0.15, 0.2) is 0 Å². The fourth-order valence-electron chi connectivity index (χ4n) is 1.37. The zero-order valence-electron chi connectivity index (χ0n) is 9.25. The fourth-order valence-corrected chi connectivity index (χ4v) is 1.67. The first-order valence-corrected chi connectivity index (χ1v) is 5.84. The van der Waals surface area contributed by atoms with E-state index in [9.17, 15) is 13.6 Å². The van der Waals surface area contributed by atoms with Crippen molar-refractivity contribution in [3.8, 4) is 0 Å². The van der Waals surface area contributed by atoms with Crippen LogP contribution in [0.15, 0.2) is 18.2 Å². The lowest BCUT2D eigenvalue weighted by Crippen LogP contribution is -2.37. The van der Waals surface area contributed by atoms with E-state index >= 15 is 0 Å². The molecule has 3 nitrogen and oxygen atoms in total. The van der Waals surface area contributed by atoms with E-state index in [1.54, 1.807) is 0 Å². The van der Waals surface area contributed by atoms with Gasteiger partial charge in [-0.2, -0.15) is 0 Å². The monoisotopic (exact) mass is 297 g/mol. The second kappa shape index (κ2) is 6.87. The number of nitrogens with zero attached hydrogens (tertiary/aromatic N) is 1. The van der Waals surface area contributed by atoms with E-state index in [4.69, 9.17) is 28.3 Å². The molecular weight excluding hydrogens is 287 g/mol. The van der Waals surface area contributed by atoms with Crippen LogP contribution < -0.4 is 0 Å². The Kier molecular flexibility index (Phi) is 5.78. The lowest BCUT2D eigenvalue weighted by atomic mass is 10.2. The van der Waals surface area contributed by atoms with Crippen molar-refractivity contribution < 1.29 is 18.7 Å². The summed E-state index contributed by atoms with van der Waals surface area (Å²) in [6.45, 7) is -1.29. The number of halogens is 4. The predicted molar refractivity (Wildman–Crippen MR) is 65.5 cm³/mol. The van der Waals surface area contributed by atoms with Gasteiger partial charge in [0, 0.05) is 12.1 Å². The quantitative estimate of drug-likeness (QED) is 0.908. The Morgan fingerprint density at radius 2 is 2.00 bits per heavy atom. The van der Waals surface area contributed by atoms with Crippen molar-refractivity contribution in [3.05, 3.63) is 33.8 Å². The zero-order valence-corrected chi connectivity index (χ0v) is 10.8. The minimum atomic E-state index is -2.66. The number of hydrogen-bond donors (Lipinski definition) is 1. The first kappa shape index (κ1) is 15.1. The maximum absolute atomic E-state index is 12.3. The molecule has 18 heavy (non-hydrogen) atoms. The summed E-state index contributed by atoms with van der Waals surface area (Å²) in [5.41, 5.74) is 0.151. The molecule has 0 atom stereocenters. The van der Waals surface area contributed by atoms with Crippen LogP contribution in [-0.4, -0.2) is 42.0 Å². The van der Waals surface area contributed by atoms with E-state index in [0.717, 1.165) is 4.90 Å². The summed E-state index contributed by atoms with van der Waals surface area (Å²) >= 11 is 11.4. The Balaban J connectivity index is 2.90. The summed E-state index contributed by atoms with van der Waals surface area (Å²) in [5, 5.41) is 9.20. The van der Waals surface area contributed by atoms with Crippen molar-refractivity contribution >= 4 is 29.1 Å². The van der Waals surface area contributed by atoms with Gasteiger partial charge in [0.25, 0.3) is 12.3 Å². The summed E-state index contributed by atoms with van der Waals surface area (Å²) in [4.78, 5) is 12.8. The van der Waals surface area contributed by atoms with Crippen molar-refractivity contribution in [1.29, 1.82) is 0 Å². The Morgan fingerprint density at radius 1 is 1.33 bits per heavy atom. The Morgan fingerprint density at radius 3 is 2.50 bits per heavy atom. The van der Waals surface area contributed by atoms with Crippen LogP contribution in [0.2, 0.25) is 10.0 Å². The summed E-state index contributed by atoms with van der Waals surface area (Å²) in [7, 11) is 0. The molecule has 0 heterocycles. The molecule has 0 bridgehead atoms. The van der Waals surface area contributed by atoms with Gasteiger partial charge in [-0.25, -0.2) is 8.78 Å². The maximum Gasteiger partial charge on any atom is 0.255 e. The number of aliphatic hydroxyl groups excluding tert-OH is 1. The van der Waals surface area contributed by atoms with Gasteiger partial charge in [-0.3, -0.25) is 4.79 Å². The zero-order chi connectivity index (χ0) is 13.7. The van der Waals surface area contributed by atoms with Gasteiger partial charge < -0.3 is 10.0 Å². The number of alkyl halides is 2. The average molecular weight is 298 g/mol. The molecule has 100 valence electrons. The molecule has 1 aromatic rings. The third kappa shape index (κ3) is 4.08. The Hall–Kier alpha value is -0.910. The molecule has 0 aliphatic rings. The number of amides is 1. The number of aliphatic hydroxyl groups is 1. The molecule has 0 saturated carbocycles. The van der Waals surface area contributed by atoms with E-state index in [-0.39, 0.29) is 28.8 Å². The molecule has 0 unspecified atom stereocenters. The summed E-state index contributed by atoms with van der Waals surface area (Å²) < 4.78 is 24.6. The lowest BCUT2D eigenvalue weighted by molar-refractivity contribution is 0.0509. The fraction of sp³-hybridized carbons (Fsp3) is 0.364. The topological polar surface area (TPSA) is 40.5 Å². The van der Waals surface area contributed by atoms with Crippen molar-refractivity contribution in [2.45, 2.75) is 6.43 Å². The van der Waals surface area contributed by atoms with Crippen LogP contribution in [0.4, 0.5) is 8.78 Å². The lowest BCUT2D eigenvalue weighted by Gasteiger charge is -2.21. The van der Waals surface area contributed by atoms with Gasteiger partial charge in [-0.1, -0.05) is 23.2 Å². The summed E-state index contributed by atoms with van der Waals surface area (Å²) in [6, 6.07) is 4.12. The van der Waals surface area contributed by atoms with Gasteiger partial charge in [-0.05, 0) is 18.2 Å². The van der Waals surface area contributed by atoms with Crippen LogP contribution in [0.25, 0.3) is 0 Å². The highest BCUT2D eigenvalue weighted by molar-refractivity contribution is 6.42. The summed E-state index contributed by atoms with van der Waals surface area (Å²) in [6.07, 6.45) is -2.66. The molecular formula is C11H11Cl2F2NO2. The second-order valence-corrected chi connectivity index (χ2v) is 4.31. The van der Waals surface area contributed by atoms with E-state index in [0.29, 0.717) is 0 Å². The van der Waals surface area contributed by atoms with Crippen LogP contribution >= 0.6 is 23.2 Å². The standard InChI is InChI=1S/C11H11Cl2F2NO2/c12-8-2-1-7(5-9(8)13)11(18)16(3-4-17)6-10(14)15/h1-2,5,10,17H,3-4,6H2. The largest absolute Gasteiger partial charge is 0.395 e. The van der Waals surface area contributed by atoms with Gasteiger partial charge in [0.1, 0.15) is 0 Å². The van der Waals surface area contributed by atoms with Crippen molar-refractivity contribution in [2.24, 2.45) is 0 Å². The van der Waals surface area contributed by atoms with Crippen LogP contribution in [0.5, 0.6) is 0 Å².